The van der Waals surface area contributed by atoms with Crippen LogP contribution < -0.4 is 10.6 Å². The molecule has 0 spiro atoms. The summed E-state index contributed by atoms with van der Waals surface area (Å²) in [5, 5.41) is 6.05. The highest BCUT2D eigenvalue weighted by molar-refractivity contribution is 6.05. The van der Waals surface area contributed by atoms with Crippen LogP contribution in [0.25, 0.3) is 0 Å². The molecule has 1 unspecified atom stereocenters. The lowest BCUT2D eigenvalue weighted by Gasteiger charge is -2.32. The van der Waals surface area contributed by atoms with Gasteiger partial charge in [-0.05, 0) is 55.7 Å². The predicted octanol–water partition coefficient (Wildman–Crippen LogP) is 2.17. The van der Waals surface area contributed by atoms with Crippen molar-refractivity contribution in [3.63, 3.8) is 0 Å². The number of imide groups is 1. The maximum absolute atomic E-state index is 12.9. The van der Waals surface area contributed by atoms with Gasteiger partial charge < -0.3 is 15.0 Å². The lowest BCUT2D eigenvalue weighted by Crippen LogP contribution is -2.52. The van der Waals surface area contributed by atoms with Crippen molar-refractivity contribution in [3.8, 4) is 0 Å². The Balaban J connectivity index is 1.40. The van der Waals surface area contributed by atoms with E-state index in [9.17, 15) is 14.4 Å². The minimum atomic E-state index is -0.557. The molecule has 1 aliphatic carbocycles. The fourth-order valence-electron chi connectivity index (χ4n) is 5.24. The molecule has 4 rings (SSSR count). The number of piperidine rings is 1. The van der Waals surface area contributed by atoms with Gasteiger partial charge in [0.2, 0.25) is 11.8 Å². The first-order chi connectivity index (χ1) is 15.1. The third-order valence-electron chi connectivity index (χ3n) is 6.85. The first-order valence-corrected chi connectivity index (χ1v) is 11.6. The van der Waals surface area contributed by atoms with Crippen molar-refractivity contribution in [2.45, 2.75) is 70.5 Å². The van der Waals surface area contributed by atoms with Gasteiger partial charge in [0.25, 0.3) is 5.91 Å². The molecule has 1 aromatic rings. The molecule has 1 saturated heterocycles. The largest absolute Gasteiger partial charge is 0.380 e. The summed E-state index contributed by atoms with van der Waals surface area (Å²) in [5.74, 6) is -0.147. The summed E-state index contributed by atoms with van der Waals surface area (Å²) >= 11 is 0. The van der Waals surface area contributed by atoms with Gasteiger partial charge in [-0.15, -0.1) is 0 Å². The Morgan fingerprint density at radius 3 is 2.81 bits per heavy atom. The average Bonchev–Trinajstić information content (AvgIpc) is 3.08. The number of rotatable bonds is 8. The molecule has 7 heteroatoms. The fraction of sp³-hybridized carbons (Fsp3) is 0.625. The third kappa shape index (κ3) is 4.99. The quantitative estimate of drug-likeness (QED) is 0.490. The van der Waals surface area contributed by atoms with Crippen LogP contribution in [-0.4, -0.2) is 54.5 Å². The molecule has 2 fully saturated rings. The standard InChI is InChI=1S/C24H33N3O4/c1-2-31-12-11-25-20-6-4-3-5-17(20)13-16-7-8-19-18(14-16)15-27(24(19)30)21-9-10-22(28)26-23(21)29/h7-8,14,17,20-21,25H,2-6,9-13,15H2,1H3,(H,26,28,29)/t17-,20+,21?/m1/s1. The number of carbonyl (C=O) groups is 3. The summed E-state index contributed by atoms with van der Waals surface area (Å²) in [6.45, 7) is 4.84. The molecule has 1 aromatic carbocycles. The minimum Gasteiger partial charge on any atom is -0.380 e. The minimum absolute atomic E-state index is 0.107. The number of carbonyl (C=O) groups excluding carboxylic acids is 3. The number of nitrogens with zero attached hydrogens (tertiary/aromatic N) is 1. The molecule has 0 aromatic heterocycles. The van der Waals surface area contributed by atoms with Gasteiger partial charge in [-0.25, -0.2) is 0 Å². The molecule has 7 nitrogen and oxygen atoms in total. The van der Waals surface area contributed by atoms with Gasteiger partial charge in [-0.3, -0.25) is 19.7 Å². The maximum Gasteiger partial charge on any atom is 0.255 e. The number of ether oxygens (including phenoxy) is 1. The summed E-state index contributed by atoms with van der Waals surface area (Å²) in [5.41, 5.74) is 2.92. The van der Waals surface area contributed by atoms with Crippen molar-refractivity contribution in [2.24, 2.45) is 5.92 Å². The second-order valence-corrected chi connectivity index (χ2v) is 8.90. The van der Waals surface area contributed by atoms with E-state index < -0.39 is 6.04 Å². The lowest BCUT2D eigenvalue weighted by atomic mass is 9.80. The van der Waals surface area contributed by atoms with E-state index in [0.29, 0.717) is 30.5 Å². The SMILES string of the molecule is CCOCCN[C@H]1CCCC[C@@H]1Cc1ccc2c(c1)CN(C1CCC(=O)NC1=O)C2=O. The van der Waals surface area contributed by atoms with Crippen molar-refractivity contribution < 1.29 is 19.1 Å². The van der Waals surface area contributed by atoms with E-state index in [0.717, 1.165) is 31.7 Å². The van der Waals surface area contributed by atoms with E-state index >= 15 is 0 Å². The molecule has 31 heavy (non-hydrogen) atoms. The predicted molar refractivity (Wildman–Crippen MR) is 116 cm³/mol. The van der Waals surface area contributed by atoms with Crippen LogP contribution in [0, 0.1) is 5.92 Å². The topological polar surface area (TPSA) is 87.7 Å². The molecule has 0 radical (unpaired) electrons. The summed E-state index contributed by atoms with van der Waals surface area (Å²) in [7, 11) is 0. The van der Waals surface area contributed by atoms with Gasteiger partial charge in [0, 0.05) is 37.7 Å². The van der Waals surface area contributed by atoms with E-state index in [1.165, 1.54) is 31.2 Å². The smallest absolute Gasteiger partial charge is 0.255 e. The Kier molecular flexibility index (Phi) is 7.02. The maximum atomic E-state index is 12.9. The Hall–Kier alpha value is -2.25. The first kappa shape index (κ1) is 22.0. The van der Waals surface area contributed by atoms with Crippen LogP contribution >= 0.6 is 0 Å². The Morgan fingerprint density at radius 1 is 1.16 bits per heavy atom. The van der Waals surface area contributed by atoms with Crippen LogP contribution in [0.2, 0.25) is 0 Å². The molecule has 3 aliphatic rings. The number of hydrogen-bond acceptors (Lipinski definition) is 5. The highest BCUT2D eigenvalue weighted by atomic mass is 16.5. The average molecular weight is 428 g/mol. The fourth-order valence-corrected chi connectivity index (χ4v) is 5.24. The third-order valence-corrected chi connectivity index (χ3v) is 6.85. The Labute approximate surface area is 183 Å². The van der Waals surface area contributed by atoms with Crippen LogP contribution in [0.4, 0.5) is 0 Å². The molecule has 2 heterocycles. The Bertz CT molecular complexity index is 840. The zero-order chi connectivity index (χ0) is 21.8. The second-order valence-electron chi connectivity index (χ2n) is 8.90. The second kappa shape index (κ2) is 9.92. The number of amides is 3. The van der Waals surface area contributed by atoms with Gasteiger partial charge in [0.15, 0.2) is 0 Å². The molecule has 168 valence electrons. The summed E-state index contributed by atoms with van der Waals surface area (Å²) in [4.78, 5) is 38.2. The van der Waals surface area contributed by atoms with E-state index in [-0.39, 0.29) is 24.1 Å². The van der Waals surface area contributed by atoms with Gasteiger partial charge in [-0.1, -0.05) is 25.0 Å². The van der Waals surface area contributed by atoms with Gasteiger partial charge in [0.05, 0.1) is 6.61 Å². The zero-order valence-corrected chi connectivity index (χ0v) is 18.3. The van der Waals surface area contributed by atoms with Gasteiger partial charge in [0.1, 0.15) is 6.04 Å². The summed E-state index contributed by atoms with van der Waals surface area (Å²) in [6, 6.07) is 6.07. The van der Waals surface area contributed by atoms with Crippen molar-refractivity contribution >= 4 is 17.7 Å². The Morgan fingerprint density at radius 2 is 2.00 bits per heavy atom. The van der Waals surface area contributed by atoms with Gasteiger partial charge in [-0.2, -0.15) is 0 Å². The van der Waals surface area contributed by atoms with Crippen molar-refractivity contribution in [3.05, 3.63) is 34.9 Å². The molecular formula is C24H33N3O4. The normalized spacial score (nSPS) is 26.2. The van der Waals surface area contributed by atoms with Crippen molar-refractivity contribution in [1.82, 2.24) is 15.5 Å². The number of fused-ring (bicyclic) bond motifs is 1. The summed E-state index contributed by atoms with van der Waals surface area (Å²) < 4.78 is 5.47. The molecule has 2 aliphatic heterocycles. The first-order valence-electron chi connectivity index (χ1n) is 11.6. The molecule has 2 N–H and O–H groups in total. The van der Waals surface area contributed by atoms with E-state index in [4.69, 9.17) is 4.74 Å². The van der Waals surface area contributed by atoms with Crippen LogP contribution in [-0.2, 0) is 27.3 Å². The molecule has 1 saturated carbocycles. The lowest BCUT2D eigenvalue weighted by molar-refractivity contribution is -0.136. The molecule has 3 atom stereocenters. The van der Waals surface area contributed by atoms with Crippen LogP contribution in [0.3, 0.4) is 0 Å². The van der Waals surface area contributed by atoms with E-state index in [1.807, 2.05) is 13.0 Å². The van der Waals surface area contributed by atoms with E-state index in [1.54, 1.807) is 4.90 Å². The summed E-state index contributed by atoms with van der Waals surface area (Å²) in [6.07, 6.45) is 6.61. The van der Waals surface area contributed by atoms with Crippen molar-refractivity contribution in [1.29, 1.82) is 0 Å². The molecule has 0 bridgehead atoms. The number of benzene rings is 1. The zero-order valence-electron chi connectivity index (χ0n) is 18.3. The van der Waals surface area contributed by atoms with Crippen LogP contribution in [0.5, 0.6) is 0 Å². The number of hydrogen-bond donors (Lipinski definition) is 2. The van der Waals surface area contributed by atoms with Crippen LogP contribution in [0.15, 0.2) is 18.2 Å². The van der Waals surface area contributed by atoms with Gasteiger partial charge >= 0.3 is 0 Å². The molecule has 3 amide bonds. The number of nitrogens with one attached hydrogen (secondary N) is 2. The highest BCUT2D eigenvalue weighted by Crippen LogP contribution is 2.31. The highest BCUT2D eigenvalue weighted by Gasteiger charge is 2.39. The monoisotopic (exact) mass is 427 g/mol. The van der Waals surface area contributed by atoms with Crippen LogP contribution in [0.1, 0.15) is 66.9 Å². The van der Waals surface area contributed by atoms with E-state index in [2.05, 4.69) is 22.8 Å². The van der Waals surface area contributed by atoms with Crippen molar-refractivity contribution in [2.75, 3.05) is 19.8 Å². The molecular weight excluding hydrogens is 394 g/mol.